The summed E-state index contributed by atoms with van der Waals surface area (Å²) in [6.45, 7) is 7.14. The summed E-state index contributed by atoms with van der Waals surface area (Å²) in [5.41, 5.74) is 6.37. The molecule has 20 heavy (non-hydrogen) atoms. The summed E-state index contributed by atoms with van der Waals surface area (Å²) in [5.74, 6) is 1.61. The minimum atomic E-state index is -0.495. The van der Waals surface area contributed by atoms with E-state index in [9.17, 15) is 5.11 Å². The summed E-state index contributed by atoms with van der Waals surface area (Å²) in [5, 5.41) is 9.97. The van der Waals surface area contributed by atoms with Crippen LogP contribution in [0.5, 0.6) is 5.75 Å². The molecular weight excluding hydrogens is 269 g/mol. The summed E-state index contributed by atoms with van der Waals surface area (Å²) in [6.07, 6.45) is 3.64. The third kappa shape index (κ3) is 5.78. The van der Waals surface area contributed by atoms with Gasteiger partial charge in [-0.2, -0.15) is 0 Å². The molecule has 0 bridgehead atoms. The Balaban J connectivity index is 2.61. The smallest absolute Gasteiger partial charge is 0.123 e. The Morgan fingerprint density at radius 2 is 2.00 bits per heavy atom. The Morgan fingerprint density at radius 1 is 1.30 bits per heavy atom. The van der Waals surface area contributed by atoms with Crippen molar-refractivity contribution >= 4 is 8.15 Å². The highest BCUT2D eigenvalue weighted by molar-refractivity contribution is 7.52. The van der Waals surface area contributed by atoms with Crippen LogP contribution in [0.4, 0.5) is 0 Å². The van der Waals surface area contributed by atoms with Crippen molar-refractivity contribution in [3.05, 3.63) is 29.8 Å². The maximum atomic E-state index is 9.97. The molecule has 3 nitrogen and oxygen atoms in total. The first-order valence-electron chi connectivity index (χ1n) is 7.47. The molecule has 1 aromatic carbocycles. The van der Waals surface area contributed by atoms with Crippen LogP contribution in [0.1, 0.15) is 44.8 Å². The number of hydrogen-bond donors (Lipinski definition) is 2. The van der Waals surface area contributed by atoms with Gasteiger partial charge < -0.3 is 15.4 Å². The zero-order valence-electron chi connectivity index (χ0n) is 12.9. The molecule has 1 aromatic rings. The maximum absolute atomic E-state index is 9.97. The summed E-state index contributed by atoms with van der Waals surface area (Å²) in [7, 11) is -0.454. The van der Waals surface area contributed by atoms with Gasteiger partial charge in [0.25, 0.3) is 0 Å². The Morgan fingerprint density at radius 3 is 2.60 bits per heavy atom. The van der Waals surface area contributed by atoms with Crippen LogP contribution in [-0.4, -0.2) is 24.5 Å². The first-order valence-corrected chi connectivity index (χ1v) is 9.37. The lowest BCUT2D eigenvalue weighted by Gasteiger charge is -2.20. The summed E-state index contributed by atoms with van der Waals surface area (Å²) < 4.78 is 6.04. The van der Waals surface area contributed by atoms with E-state index in [2.05, 4.69) is 20.5 Å². The quantitative estimate of drug-likeness (QED) is 0.679. The van der Waals surface area contributed by atoms with E-state index in [-0.39, 0.29) is 0 Å². The molecule has 0 aliphatic rings. The van der Waals surface area contributed by atoms with Gasteiger partial charge in [0.1, 0.15) is 5.75 Å². The average molecular weight is 297 g/mol. The Hall–Kier alpha value is -0.630. The monoisotopic (exact) mass is 297 g/mol. The van der Waals surface area contributed by atoms with Crippen molar-refractivity contribution in [2.75, 3.05) is 19.4 Å². The first kappa shape index (κ1) is 17.4. The average Bonchev–Trinajstić information content (AvgIpc) is 2.45. The van der Waals surface area contributed by atoms with Gasteiger partial charge in [0.15, 0.2) is 0 Å². The first-order chi connectivity index (χ1) is 9.60. The minimum Gasteiger partial charge on any atom is -0.474 e. The van der Waals surface area contributed by atoms with Crippen LogP contribution >= 0.6 is 8.15 Å². The molecule has 0 saturated carbocycles. The van der Waals surface area contributed by atoms with Crippen LogP contribution in [0.15, 0.2) is 24.3 Å². The molecule has 0 aliphatic carbocycles. The molecule has 0 aromatic heterocycles. The van der Waals surface area contributed by atoms with E-state index in [1.807, 2.05) is 24.3 Å². The van der Waals surface area contributed by atoms with E-state index in [1.54, 1.807) is 0 Å². The van der Waals surface area contributed by atoms with Crippen molar-refractivity contribution in [3.63, 3.8) is 0 Å². The zero-order chi connectivity index (χ0) is 15.0. The Bertz CT molecular complexity index is 382. The van der Waals surface area contributed by atoms with Gasteiger partial charge in [0.2, 0.25) is 0 Å². The molecule has 0 spiro atoms. The fourth-order valence-corrected chi connectivity index (χ4v) is 4.02. The van der Waals surface area contributed by atoms with Crippen molar-refractivity contribution in [3.8, 4) is 5.75 Å². The van der Waals surface area contributed by atoms with Gasteiger partial charge in [-0.3, -0.25) is 0 Å². The second-order valence-electron chi connectivity index (χ2n) is 5.25. The highest BCUT2D eigenvalue weighted by Gasteiger charge is 2.13. The molecule has 0 radical (unpaired) electrons. The number of rotatable bonds is 9. The van der Waals surface area contributed by atoms with E-state index in [0.29, 0.717) is 13.0 Å². The van der Waals surface area contributed by atoms with Crippen molar-refractivity contribution in [2.45, 2.75) is 39.2 Å². The van der Waals surface area contributed by atoms with Gasteiger partial charge in [-0.15, -0.1) is 0 Å². The largest absolute Gasteiger partial charge is 0.474 e. The van der Waals surface area contributed by atoms with E-state index >= 15 is 0 Å². The van der Waals surface area contributed by atoms with Gasteiger partial charge in [-0.25, -0.2) is 0 Å². The standard InChI is InChI=1S/C16H28NO2P/c1-4-13(5-2)12-20(3)19-15-8-6-7-14(11-15)16(18)9-10-17/h6-8,11,13,16,18H,4-5,9-10,12,17H2,1-3H3. The van der Waals surface area contributed by atoms with Crippen molar-refractivity contribution in [1.29, 1.82) is 0 Å². The molecule has 114 valence electrons. The van der Waals surface area contributed by atoms with Crippen LogP contribution in [0.3, 0.4) is 0 Å². The number of aliphatic hydroxyl groups excluding tert-OH is 1. The van der Waals surface area contributed by atoms with Crippen LogP contribution in [0, 0.1) is 5.92 Å². The Labute approximate surface area is 124 Å². The lowest BCUT2D eigenvalue weighted by molar-refractivity contribution is 0.170. The molecule has 0 aliphatic heterocycles. The fraction of sp³-hybridized carbons (Fsp3) is 0.625. The second kappa shape index (κ2) is 9.33. The molecule has 4 heteroatoms. The molecule has 0 amide bonds. The number of benzene rings is 1. The molecular formula is C16H28NO2P. The number of aliphatic hydroxyl groups is 1. The SMILES string of the molecule is CCC(CC)CP(C)Oc1cccc(C(O)CCN)c1. The predicted molar refractivity (Wildman–Crippen MR) is 87.5 cm³/mol. The Kier molecular flexibility index (Phi) is 8.13. The van der Waals surface area contributed by atoms with Gasteiger partial charge in [0, 0.05) is 6.16 Å². The third-order valence-corrected chi connectivity index (χ3v) is 5.17. The summed E-state index contributed by atoms with van der Waals surface area (Å²) >= 11 is 0. The second-order valence-corrected chi connectivity index (χ2v) is 7.05. The molecule has 2 unspecified atom stereocenters. The molecule has 0 fully saturated rings. The third-order valence-electron chi connectivity index (χ3n) is 3.61. The van der Waals surface area contributed by atoms with Gasteiger partial charge in [0.05, 0.1) is 14.3 Å². The summed E-state index contributed by atoms with van der Waals surface area (Å²) in [6, 6.07) is 7.76. The molecule has 0 heterocycles. The van der Waals surface area contributed by atoms with Crippen molar-refractivity contribution in [2.24, 2.45) is 11.7 Å². The van der Waals surface area contributed by atoms with Gasteiger partial charge in [-0.05, 0) is 43.2 Å². The lowest BCUT2D eigenvalue weighted by atomic mass is 10.1. The zero-order valence-corrected chi connectivity index (χ0v) is 13.8. The van der Waals surface area contributed by atoms with Gasteiger partial charge in [-0.1, -0.05) is 38.8 Å². The van der Waals surface area contributed by atoms with Crippen molar-refractivity contribution in [1.82, 2.24) is 0 Å². The van der Waals surface area contributed by atoms with Crippen LogP contribution in [-0.2, 0) is 0 Å². The number of hydrogen-bond acceptors (Lipinski definition) is 3. The fourth-order valence-electron chi connectivity index (χ4n) is 2.23. The predicted octanol–water partition coefficient (Wildman–Crippen LogP) is 3.91. The number of nitrogens with two attached hydrogens (primary N) is 1. The molecule has 0 saturated heterocycles. The molecule has 1 rings (SSSR count). The van der Waals surface area contributed by atoms with Gasteiger partial charge >= 0.3 is 0 Å². The van der Waals surface area contributed by atoms with E-state index in [4.69, 9.17) is 10.3 Å². The normalized spacial score (nSPS) is 14.3. The highest BCUT2D eigenvalue weighted by atomic mass is 31.1. The highest BCUT2D eigenvalue weighted by Crippen LogP contribution is 2.38. The van der Waals surface area contributed by atoms with E-state index in [0.717, 1.165) is 23.4 Å². The topological polar surface area (TPSA) is 55.5 Å². The maximum Gasteiger partial charge on any atom is 0.123 e. The van der Waals surface area contributed by atoms with Crippen LogP contribution in [0.25, 0.3) is 0 Å². The van der Waals surface area contributed by atoms with Crippen LogP contribution < -0.4 is 10.3 Å². The molecule has 2 atom stereocenters. The minimum absolute atomic E-state index is 0.454. The molecule has 3 N–H and O–H groups in total. The van der Waals surface area contributed by atoms with E-state index in [1.165, 1.54) is 12.8 Å². The van der Waals surface area contributed by atoms with Crippen molar-refractivity contribution < 1.29 is 9.63 Å². The summed E-state index contributed by atoms with van der Waals surface area (Å²) in [4.78, 5) is 0. The van der Waals surface area contributed by atoms with Crippen LogP contribution in [0.2, 0.25) is 0 Å². The van der Waals surface area contributed by atoms with E-state index < -0.39 is 14.3 Å². The lowest BCUT2D eigenvalue weighted by Crippen LogP contribution is -2.07.